The predicted octanol–water partition coefficient (Wildman–Crippen LogP) is 3.17. The van der Waals surface area contributed by atoms with Crippen LogP contribution in [0.5, 0.6) is 11.5 Å². The molecule has 0 bridgehead atoms. The van der Waals surface area contributed by atoms with Gasteiger partial charge in [-0.05, 0) is 36.5 Å². The van der Waals surface area contributed by atoms with Gasteiger partial charge in [-0.25, -0.2) is 0 Å². The lowest BCUT2D eigenvalue weighted by Gasteiger charge is -2.09. The van der Waals surface area contributed by atoms with Crippen molar-refractivity contribution in [2.24, 2.45) is 5.92 Å². The Hall–Kier alpha value is -2.17. The van der Waals surface area contributed by atoms with Crippen molar-refractivity contribution >= 4 is 5.82 Å². The predicted molar refractivity (Wildman–Crippen MR) is 73.6 cm³/mol. The molecule has 2 heterocycles. The molecule has 1 aromatic carbocycles. The Balaban J connectivity index is 1.79. The van der Waals surface area contributed by atoms with Crippen LogP contribution in [0.1, 0.15) is 31.4 Å². The van der Waals surface area contributed by atoms with E-state index in [1.807, 2.05) is 18.2 Å². The van der Waals surface area contributed by atoms with E-state index in [1.54, 1.807) is 0 Å². The van der Waals surface area contributed by atoms with E-state index >= 15 is 0 Å². The molecule has 1 unspecified atom stereocenters. The number of benzene rings is 1. The Labute approximate surface area is 116 Å². The van der Waals surface area contributed by atoms with Crippen LogP contribution in [0.2, 0.25) is 0 Å². The maximum Gasteiger partial charge on any atom is 0.231 e. The topological polar surface area (TPSA) is 70.5 Å². The second kappa shape index (κ2) is 4.16. The largest absolute Gasteiger partial charge is 0.454 e. The lowest BCUT2D eigenvalue weighted by atomic mass is 9.95. The number of anilines is 1. The summed E-state index contributed by atoms with van der Waals surface area (Å²) in [6, 6.07) is 5.81. The van der Waals surface area contributed by atoms with Gasteiger partial charge in [0.05, 0.1) is 5.56 Å². The first-order chi connectivity index (χ1) is 9.74. The Bertz CT molecular complexity index is 661. The third kappa shape index (κ3) is 1.73. The SMILES string of the molecule is CC(c1onc(N)c1-c1ccc2c(c1)OCO2)C1CC1. The van der Waals surface area contributed by atoms with Crippen LogP contribution in [-0.2, 0) is 0 Å². The molecule has 2 aromatic rings. The maximum atomic E-state index is 6.00. The second-order valence-corrected chi connectivity index (χ2v) is 5.50. The van der Waals surface area contributed by atoms with Gasteiger partial charge in [0.15, 0.2) is 17.3 Å². The maximum absolute atomic E-state index is 6.00. The van der Waals surface area contributed by atoms with Gasteiger partial charge in [-0.15, -0.1) is 0 Å². The molecule has 1 aliphatic heterocycles. The van der Waals surface area contributed by atoms with Gasteiger partial charge in [0.2, 0.25) is 6.79 Å². The molecule has 1 atom stereocenters. The van der Waals surface area contributed by atoms with Crippen molar-refractivity contribution in [2.45, 2.75) is 25.7 Å². The fourth-order valence-electron chi connectivity index (χ4n) is 2.78. The van der Waals surface area contributed by atoms with Crippen molar-refractivity contribution in [1.82, 2.24) is 5.16 Å². The van der Waals surface area contributed by atoms with Crippen molar-refractivity contribution < 1.29 is 14.0 Å². The minimum Gasteiger partial charge on any atom is -0.454 e. The van der Waals surface area contributed by atoms with Crippen molar-refractivity contribution in [3.63, 3.8) is 0 Å². The van der Waals surface area contributed by atoms with Crippen LogP contribution >= 0.6 is 0 Å². The number of rotatable bonds is 3. The number of nitrogens with two attached hydrogens (primary N) is 1. The summed E-state index contributed by atoms with van der Waals surface area (Å²) in [5.41, 5.74) is 7.86. The standard InChI is InChI=1S/C15H16N2O3/c1-8(9-2-3-9)14-13(15(16)17-20-14)10-4-5-11-12(6-10)19-7-18-11/h4-6,8-9H,2-3,7H2,1H3,(H2,16,17). The molecular formula is C15H16N2O3. The average Bonchev–Trinajstić information content (AvgIpc) is 3.08. The highest BCUT2D eigenvalue weighted by molar-refractivity contribution is 5.78. The highest BCUT2D eigenvalue weighted by atomic mass is 16.7. The first-order valence-electron chi connectivity index (χ1n) is 6.89. The molecule has 1 saturated carbocycles. The number of hydrogen-bond donors (Lipinski definition) is 1. The summed E-state index contributed by atoms with van der Waals surface area (Å²) >= 11 is 0. The first kappa shape index (κ1) is 11.6. The third-order valence-corrected chi connectivity index (χ3v) is 4.15. The Morgan fingerprint density at radius 3 is 2.85 bits per heavy atom. The molecule has 2 N–H and O–H groups in total. The van der Waals surface area contributed by atoms with Gasteiger partial charge < -0.3 is 19.7 Å². The van der Waals surface area contributed by atoms with E-state index in [1.165, 1.54) is 12.8 Å². The lowest BCUT2D eigenvalue weighted by molar-refractivity contribution is 0.174. The molecule has 4 rings (SSSR count). The number of aromatic nitrogens is 1. The zero-order valence-electron chi connectivity index (χ0n) is 11.3. The molecule has 5 nitrogen and oxygen atoms in total. The van der Waals surface area contributed by atoms with Crippen LogP contribution in [0.3, 0.4) is 0 Å². The Kier molecular flexibility index (Phi) is 2.42. The van der Waals surface area contributed by atoms with Crippen molar-refractivity contribution in [3.05, 3.63) is 24.0 Å². The summed E-state index contributed by atoms with van der Waals surface area (Å²) in [4.78, 5) is 0. The average molecular weight is 272 g/mol. The second-order valence-electron chi connectivity index (χ2n) is 5.50. The monoisotopic (exact) mass is 272 g/mol. The van der Waals surface area contributed by atoms with Gasteiger partial charge >= 0.3 is 0 Å². The minimum absolute atomic E-state index is 0.267. The van der Waals surface area contributed by atoms with Gasteiger partial charge in [-0.1, -0.05) is 18.1 Å². The molecule has 0 saturated heterocycles. The Morgan fingerprint density at radius 2 is 2.05 bits per heavy atom. The summed E-state index contributed by atoms with van der Waals surface area (Å²) in [6.07, 6.45) is 2.50. The van der Waals surface area contributed by atoms with Gasteiger partial charge in [0.25, 0.3) is 0 Å². The molecule has 104 valence electrons. The van der Waals surface area contributed by atoms with E-state index in [2.05, 4.69) is 12.1 Å². The Morgan fingerprint density at radius 1 is 1.25 bits per heavy atom. The van der Waals surface area contributed by atoms with Gasteiger partial charge in [0.1, 0.15) is 5.76 Å². The zero-order chi connectivity index (χ0) is 13.7. The quantitative estimate of drug-likeness (QED) is 0.929. The fourth-order valence-corrected chi connectivity index (χ4v) is 2.78. The minimum atomic E-state index is 0.267. The normalized spacial score (nSPS) is 18.2. The smallest absolute Gasteiger partial charge is 0.231 e. The van der Waals surface area contributed by atoms with E-state index < -0.39 is 0 Å². The van der Waals surface area contributed by atoms with E-state index in [0.29, 0.717) is 17.7 Å². The van der Waals surface area contributed by atoms with E-state index in [9.17, 15) is 0 Å². The van der Waals surface area contributed by atoms with Crippen LogP contribution in [0.15, 0.2) is 22.7 Å². The fraction of sp³-hybridized carbons (Fsp3) is 0.400. The highest BCUT2D eigenvalue weighted by Gasteiger charge is 2.34. The van der Waals surface area contributed by atoms with E-state index in [4.69, 9.17) is 19.7 Å². The third-order valence-electron chi connectivity index (χ3n) is 4.15. The molecule has 20 heavy (non-hydrogen) atoms. The number of hydrogen-bond acceptors (Lipinski definition) is 5. The van der Waals surface area contributed by atoms with Crippen molar-refractivity contribution in [3.8, 4) is 22.6 Å². The zero-order valence-corrected chi connectivity index (χ0v) is 11.3. The van der Waals surface area contributed by atoms with Crippen LogP contribution in [-0.4, -0.2) is 11.9 Å². The first-order valence-corrected chi connectivity index (χ1v) is 6.89. The van der Waals surface area contributed by atoms with Gasteiger partial charge in [0, 0.05) is 5.92 Å². The molecular weight excluding hydrogens is 256 g/mol. The van der Waals surface area contributed by atoms with Crippen molar-refractivity contribution in [1.29, 1.82) is 0 Å². The summed E-state index contributed by atoms with van der Waals surface area (Å²) in [5, 5.41) is 3.95. The summed E-state index contributed by atoms with van der Waals surface area (Å²) in [5.74, 6) is 3.86. The van der Waals surface area contributed by atoms with Crippen LogP contribution < -0.4 is 15.2 Å². The number of ether oxygens (including phenoxy) is 2. The summed E-state index contributed by atoms with van der Waals surface area (Å²) in [6.45, 7) is 2.44. The number of fused-ring (bicyclic) bond motifs is 1. The van der Waals surface area contributed by atoms with Crippen molar-refractivity contribution in [2.75, 3.05) is 12.5 Å². The summed E-state index contributed by atoms with van der Waals surface area (Å²) < 4.78 is 16.2. The molecule has 2 aliphatic rings. The molecule has 0 spiro atoms. The molecule has 0 amide bonds. The van der Waals surface area contributed by atoms with E-state index in [-0.39, 0.29) is 6.79 Å². The van der Waals surface area contributed by atoms with Crippen LogP contribution in [0, 0.1) is 5.92 Å². The number of nitrogen functional groups attached to an aromatic ring is 1. The molecule has 1 fully saturated rings. The van der Waals surface area contributed by atoms with Crippen LogP contribution in [0.4, 0.5) is 5.82 Å². The summed E-state index contributed by atoms with van der Waals surface area (Å²) in [7, 11) is 0. The molecule has 1 aromatic heterocycles. The van der Waals surface area contributed by atoms with Gasteiger partial charge in [-0.2, -0.15) is 0 Å². The van der Waals surface area contributed by atoms with Gasteiger partial charge in [-0.3, -0.25) is 0 Å². The lowest BCUT2D eigenvalue weighted by Crippen LogP contribution is -1.97. The molecule has 5 heteroatoms. The highest BCUT2D eigenvalue weighted by Crippen LogP contribution is 2.47. The molecule has 0 radical (unpaired) electrons. The molecule has 1 aliphatic carbocycles. The van der Waals surface area contributed by atoms with E-state index in [0.717, 1.165) is 28.4 Å². The number of nitrogens with zero attached hydrogens (tertiary/aromatic N) is 1. The van der Waals surface area contributed by atoms with Crippen LogP contribution in [0.25, 0.3) is 11.1 Å².